The van der Waals surface area contributed by atoms with Crippen molar-refractivity contribution in [2.75, 3.05) is 0 Å². The van der Waals surface area contributed by atoms with Crippen molar-refractivity contribution in [3.63, 3.8) is 0 Å². The zero-order chi connectivity index (χ0) is 11.4. The summed E-state index contributed by atoms with van der Waals surface area (Å²) in [4.78, 5) is 19.4. The molecule has 4 heteroatoms. The van der Waals surface area contributed by atoms with Crippen LogP contribution < -0.4 is 0 Å². The van der Waals surface area contributed by atoms with Gasteiger partial charge in [0.25, 0.3) is 0 Å². The molecule has 4 nitrogen and oxygen atoms in total. The Kier molecular flexibility index (Phi) is 12.2. The SMILES string of the molecule is CC=CCC(=O)O.CC=CCC(=O)O. The monoisotopic (exact) mass is 200 g/mol. The number of hydrogen-bond acceptors (Lipinski definition) is 2. The molecular formula is C10H16O4. The van der Waals surface area contributed by atoms with Crippen LogP contribution in [0.2, 0.25) is 0 Å². The molecule has 0 amide bonds. The van der Waals surface area contributed by atoms with Gasteiger partial charge in [-0.25, -0.2) is 0 Å². The van der Waals surface area contributed by atoms with Crippen LogP contribution in [-0.2, 0) is 9.59 Å². The van der Waals surface area contributed by atoms with Crippen LogP contribution >= 0.6 is 0 Å². The summed E-state index contributed by atoms with van der Waals surface area (Å²) in [5.41, 5.74) is 0. The molecule has 14 heavy (non-hydrogen) atoms. The van der Waals surface area contributed by atoms with Crippen LogP contribution in [0.4, 0.5) is 0 Å². The smallest absolute Gasteiger partial charge is 0.307 e. The fourth-order valence-electron chi connectivity index (χ4n) is 0.437. The number of aliphatic carboxylic acids is 2. The van der Waals surface area contributed by atoms with Gasteiger partial charge in [0, 0.05) is 0 Å². The lowest BCUT2D eigenvalue weighted by Crippen LogP contribution is -1.88. The first kappa shape index (κ1) is 14.9. The first-order chi connectivity index (χ1) is 6.54. The van der Waals surface area contributed by atoms with E-state index in [0.717, 1.165) is 0 Å². The quantitative estimate of drug-likeness (QED) is 0.681. The van der Waals surface area contributed by atoms with Crippen LogP contribution in [0, 0.1) is 0 Å². The molecule has 0 bridgehead atoms. The van der Waals surface area contributed by atoms with Crippen LogP contribution in [-0.4, -0.2) is 22.2 Å². The first-order valence-electron chi connectivity index (χ1n) is 4.20. The van der Waals surface area contributed by atoms with Crippen LogP contribution in [0.15, 0.2) is 24.3 Å². The first-order valence-corrected chi connectivity index (χ1v) is 4.20. The van der Waals surface area contributed by atoms with Gasteiger partial charge in [0.15, 0.2) is 0 Å². The van der Waals surface area contributed by atoms with Crippen molar-refractivity contribution in [3.05, 3.63) is 24.3 Å². The number of carbonyl (C=O) groups is 2. The van der Waals surface area contributed by atoms with Gasteiger partial charge in [-0.15, -0.1) is 0 Å². The second kappa shape index (κ2) is 11.4. The minimum atomic E-state index is -0.780. The molecule has 0 rings (SSSR count). The number of hydrogen-bond donors (Lipinski definition) is 2. The summed E-state index contributed by atoms with van der Waals surface area (Å²) in [6.45, 7) is 3.59. The Balaban J connectivity index is 0. The second-order valence-electron chi connectivity index (χ2n) is 2.33. The molecule has 2 N–H and O–H groups in total. The molecular weight excluding hydrogens is 184 g/mol. The number of carboxylic acid groups (broad SMARTS) is 2. The summed E-state index contributed by atoms with van der Waals surface area (Å²) in [5.74, 6) is -1.56. The minimum absolute atomic E-state index is 0.135. The molecule has 0 aliphatic heterocycles. The molecule has 0 aromatic heterocycles. The van der Waals surface area contributed by atoms with Crippen molar-refractivity contribution in [3.8, 4) is 0 Å². The molecule has 0 spiro atoms. The fraction of sp³-hybridized carbons (Fsp3) is 0.400. The number of rotatable bonds is 4. The Morgan fingerprint density at radius 3 is 1.29 bits per heavy atom. The minimum Gasteiger partial charge on any atom is -0.481 e. The Morgan fingerprint density at radius 1 is 0.929 bits per heavy atom. The maximum Gasteiger partial charge on any atom is 0.307 e. The van der Waals surface area contributed by atoms with Crippen LogP contribution in [0.1, 0.15) is 26.7 Å². The Bertz CT molecular complexity index is 192. The molecule has 0 aliphatic rings. The predicted octanol–water partition coefficient (Wildman–Crippen LogP) is 2.07. The van der Waals surface area contributed by atoms with Crippen LogP contribution in [0.5, 0.6) is 0 Å². The van der Waals surface area contributed by atoms with E-state index in [9.17, 15) is 9.59 Å². The highest BCUT2D eigenvalue weighted by molar-refractivity contribution is 5.68. The zero-order valence-corrected chi connectivity index (χ0v) is 8.43. The van der Waals surface area contributed by atoms with Crippen molar-refractivity contribution in [2.24, 2.45) is 0 Å². The van der Waals surface area contributed by atoms with Gasteiger partial charge in [-0.3, -0.25) is 9.59 Å². The van der Waals surface area contributed by atoms with Gasteiger partial charge in [-0.1, -0.05) is 24.3 Å². The summed E-state index contributed by atoms with van der Waals surface area (Å²) in [7, 11) is 0. The van der Waals surface area contributed by atoms with Crippen molar-refractivity contribution in [1.29, 1.82) is 0 Å². The predicted molar refractivity (Wildman–Crippen MR) is 54.1 cm³/mol. The van der Waals surface area contributed by atoms with Gasteiger partial charge >= 0.3 is 11.9 Å². The van der Waals surface area contributed by atoms with E-state index < -0.39 is 11.9 Å². The maximum atomic E-state index is 9.71. The molecule has 0 saturated heterocycles. The van der Waals surface area contributed by atoms with Crippen molar-refractivity contribution < 1.29 is 19.8 Å². The second-order valence-corrected chi connectivity index (χ2v) is 2.33. The third-order valence-corrected chi connectivity index (χ3v) is 1.06. The molecule has 0 unspecified atom stereocenters. The molecule has 0 fully saturated rings. The van der Waals surface area contributed by atoms with Crippen molar-refractivity contribution in [1.82, 2.24) is 0 Å². The van der Waals surface area contributed by atoms with E-state index in [4.69, 9.17) is 10.2 Å². The van der Waals surface area contributed by atoms with Crippen LogP contribution in [0.25, 0.3) is 0 Å². The van der Waals surface area contributed by atoms with E-state index in [1.165, 1.54) is 0 Å². The lowest BCUT2D eigenvalue weighted by molar-refractivity contribution is -0.137. The highest BCUT2D eigenvalue weighted by Gasteiger charge is 1.85. The molecule has 0 saturated carbocycles. The molecule has 0 radical (unpaired) electrons. The third kappa shape index (κ3) is 22.4. The molecule has 0 heterocycles. The average Bonchev–Trinajstić information content (AvgIpc) is 2.12. The highest BCUT2D eigenvalue weighted by atomic mass is 16.4. The Hall–Kier alpha value is -1.58. The van der Waals surface area contributed by atoms with E-state index in [-0.39, 0.29) is 12.8 Å². The van der Waals surface area contributed by atoms with E-state index in [1.807, 2.05) is 0 Å². The Labute approximate surface area is 83.6 Å². The van der Waals surface area contributed by atoms with Gasteiger partial charge in [-0.2, -0.15) is 0 Å². The van der Waals surface area contributed by atoms with Gasteiger partial charge in [0.1, 0.15) is 0 Å². The van der Waals surface area contributed by atoms with Gasteiger partial charge in [0.05, 0.1) is 12.8 Å². The standard InChI is InChI=1S/2C5H8O2/c2*1-2-3-4-5(6)7/h2*2-3H,4H2,1H3,(H,6,7). The highest BCUT2D eigenvalue weighted by Crippen LogP contribution is 1.79. The molecule has 0 aromatic carbocycles. The summed E-state index contributed by atoms with van der Waals surface area (Å²) in [5, 5.41) is 16.0. The van der Waals surface area contributed by atoms with Gasteiger partial charge < -0.3 is 10.2 Å². The number of allylic oxidation sites excluding steroid dienone is 2. The average molecular weight is 200 g/mol. The van der Waals surface area contributed by atoms with Crippen molar-refractivity contribution in [2.45, 2.75) is 26.7 Å². The molecule has 80 valence electrons. The Morgan fingerprint density at radius 2 is 1.21 bits per heavy atom. The van der Waals surface area contributed by atoms with Gasteiger partial charge in [0.2, 0.25) is 0 Å². The fourth-order valence-corrected chi connectivity index (χ4v) is 0.437. The van der Waals surface area contributed by atoms with E-state index in [1.54, 1.807) is 38.2 Å². The van der Waals surface area contributed by atoms with Crippen LogP contribution in [0.3, 0.4) is 0 Å². The summed E-state index contributed by atoms with van der Waals surface area (Å²) < 4.78 is 0. The maximum absolute atomic E-state index is 9.71. The summed E-state index contributed by atoms with van der Waals surface area (Å²) >= 11 is 0. The normalized spacial score (nSPS) is 9.86. The van der Waals surface area contributed by atoms with E-state index in [0.29, 0.717) is 0 Å². The molecule has 0 aromatic rings. The van der Waals surface area contributed by atoms with E-state index >= 15 is 0 Å². The summed E-state index contributed by atoms with van der Waals surface area (Å²) in [6, 6.07) is 0. The van der Waals surface area contributed by atoms with E-state index in [2.05, 4.69) is 0 Å². The lowest BCUT2D eigenvalue weighted by Gasteiger charge is -1.77. The largest absolute Gasteiger partial charge is 0.481 e. The van der Waals surface area contributed by atoms with Crippen molar-refractivity contribution >= 4 is 11.9 Å². The summed E-state index contributed by atoms with van der Waals surface area (Å²) in [6.07, 6.45) is 6.90. The molecule has 0 aliphatic carbocycles. The lowest BCUT2D eigenvalue weighted by atomic mass is 10.4. The third-order valence-electron chi connectivity index (χ3n) is 1.06. The molecule has 0 atom stereocenters. The zero-order valence-electron chi connectivity index (χ0n) is 8.43. The van der Waals surface area contributed by atoms with Gasteiger partial charge in [-0.05, 0) is 13.8 Å². The topological polar surface area (TPSA) is 74.6 Å². The number of carboxylic acids is 2.